The zero-order valence-electron chi connectivity index (χ0n) is 11.6. The van der Waals surface area contributed by atoms with E-state index in [1.165, 1.54) is 6.07 Å². The summed E-state index contributed by atoms with van der Waals surface area (Å²) in [6.07, 6.45) is -0.00143. The van der Waals surface area contributed by atoms with Gasteiger partial charge in [0.15, 0.2) is 11.6 Å². The van der Waals surface area contributed by atoms with Crippen LogP contribution in [0.15, 0.2) is 36.4 Å². The summed E-state index contributed by atoms with van der Waals surface area (Å²) in [4.78, 5) is 11.8. The second-order valence-corrected chi connectivity index (χ2v) is 4.83. The van der Waals surface area contributed by atoms with Gasteiger partial charge in [0.1, 0.15) is 0 Å². The molecule has 3 nitrogen and oxygen atoms in total. The van der Waals surface area contributed by atoms with Crippen LogP contribution < -0.4 is 11.1 Å². The lowest BCUT2D eigenvalue weighted by molar-refractivity contribution is -0.120. The maximum absolute atomic E-state index is 13.1. The minimum absolute atomic E-state index is 0.00143. The SMILES string of the molecule is Cc1c(N)cccc1CNC(=O)Cc1ccc(F)c(F)c1. The molecule has 1 amide bonds. The number of rotatable bonds is 4. The number of nitrogen functional groups attached to an aromatic ring is 1. The first kappa shape index (κ1) is 15.0. The smallest absolute Gasteiger partial charge is 0.224 e. The maximum Gasteiger partial charge on any atom is 0.224 e. The third kappa shape index (κ3) is 3.78. The molecular formula is C16H16F2N2O. The van der Waals surface area contributed by atoms with E-state index in [-0.39, 0.29) is 12.3 Å². The Hall–Kier alpha value is -2.43. The van der Waals surface area contributed by atoms with E-state index in [2.05, 4.69) is 5.32 Å². The number of nitrogens with one attached hydrogen (secondary N) is 1. The highest BCUT2D eigenvalue weighted by Gasteiger charge is 2.08. The number of carbonyl (C=O) groups excluding carboxylic acids is 1. The Bertz CT molecular complexity index is 671. The van der Waals surface area contributed by atoms with Crippen molar-refractivity contribution in [2.24, 2.45) is 0 Å². The standard InChI is InChI=1S/C16H16F2N2O/c1-10-12(3-2-4-15(10)19)9-20-16(21)8-11-5-6-13(17)14(18)7-11/h2-7H,8-9,19H2,1H3,(H,20,21). The van der Waals surface area contributed by atoms with Crippen LogP contribution in [-0.4, -0.2) is 5.91 Å². The summed E-state index contributed by atoms with van der Waals surface area (Å²) in [5.41, 5.74) is 8.73. The minimum Gasteiger partial charge on any atom is -0.399 e. The van der Waals surface area contributed by atoms with Gasteiger partial charge in [-0.1, -0.05) is 18.2 Å². The molecule has 110 valence electrons. The number of nitrogens with two attached hydrogens (primary N) is 1. The van der Waals surface area contributed by atoms with Gasteiger partial charge in [0, 0.05) is 12.2 Å². The highest BCUT2D eigenvalue weighted by Crippen LogP contribution is 2.15. The Morgan fingerprint density at radius 1 is 1.19 bits per heavy atom. The highest BCUT2D eigenvalue weighted by atomic mass is 19.2. The van der Waals surface area contributed by atoms with Gasteiger partial charge in [0.2, 0.25) is 5.91 Å². The van der Waals surface area contributed by atoms with Gasteiger partial charge in [-0.2, -0.15) is 0 Å². The molecule has 2 rings (SSSR count). The molecule has 5 heteroatoms. The van der Waals surface area contributed by atoms with Crippen molar-refractivity contribution in [3.05, 3.63) is 64.7 Å². The summed E-state index contributed by atoms with van der Waals surface area (Å²) in [5.74, 6) is -2.13. The molecule has 0 aliphatic heterocycles. The van der Waals surface area contributed by atoms with E-state index in [0.29, 0.717) is 17.8 Å². The summed E-state index contributed by atoms with van der Waals surface area (Å²) in [5, 5.41) is 2.74. The van der Waals surface area contributed by atoms with Crippen LogP contribution in [0, 0.1) is 18.6 Å². The molecule has 3 N–H and O–H groups in total. The molecule has 0 heterocycles. The Morgan fingerprint density at radius 3 is 2.67 bits per heavy atom. The monoisotopic (exact) mass is 290 g/mol. The lowest BCUT2D eigenvalue weighted by Crippen LogP contribution is -2.25. The van der Waals surface area contributed by atoms with Gasteiger partial charge >= 0.3 is 0 Å². The molecule has 0 bridgehead atoms. The molecule has 0 saturated heterocycles. The molecule has 21 heavy (non-hydrogen) atoms. The van der Waals surface area contributed by atoms with Crippen molar-refractivity contribution >= 4 is 11.6 Å². The fraction of sp³-hybridized carbons (Fsp3) is 0.188. The van der Waals surface area contributed by atoms with Crippen molar-refractivity contribution in [1.29, 1.82) is 0 Å². The number of anilines is 1. The molecule has 0 saturated carbocycles. The van der Waals surface area contributed by atoms with Crippen molar-refractivity contribution in [1.82, 2.24) is 5.32 Å². The molecule has 0 atom stereocenters. The largest absolute Gasteiger partial charge is 0.399 e. The molecule has 0 spiro atoms. The van der Waals surface area contributed by atoms with E-state index in [1.54, 1.807) is 6.07 Å². The molecule has 2 aromatic rings. The molecule has 0 aliphatic rings. The topological polar surface area (TPSA) is 55.1 Å². The van der Waals surface area contributed by atoms with Gasteiger partial charge in [0.05, 0.1) is 6.42 Å². The Kier molecular flexibility index (Phi) is 4.52. The van der Waals surface area contributed by atoms with E-state index in [0.717, 1.165) is 23.3 Å². The Balaban J connectivity index is 1.96. The average molecular weight is 290 g/mol. The first-order chi connectivity index (χ1) is 9.97. The molecule has 0 unspecified atom stereocenters. The van der Waals surface area contributed by atoms with Crippen molar-refractivity contribution in [3.63, 3.8) is 0 Å². The van der Waals surface area contributed by atoms with E-state index in [9.17, 15) is 13.6 Å². The summed E-state index contributed by atoms with van der Waals surface area (Å²) >= 11 is 0. The first-order valence-corrected chi connectivity index (χ1v) is 6.52. The number of halogens is 2. The van der Waals surface area contributed by atoms with Crippen molar-refractivity contribution in [3.8, 4) is 0 Å². The molecular weight excluding hydrogens is 274 g/mol. The Labute approximate surface area is 121 Å². The average Bonchev–Trinajstić information content (AvgIpc) is 2.44. The van der Waals surface area contributed by atoms with Crippen molar-refractivity contribution in [2.45, 2.75) is 19.9 Å². The predicted molar refractivity (Wildman–Crippen MR) is 77.5 cm³/mol. The predicted octanol–water partition coefficient (Wildman–Crippen LogP) is 2.71. The van der Waals surface area contributed by atoms with E-state index < -0.39 is 11.6 Å². The third-order valence-electron chi connectivity index (χ3n) is 3.31. The fourth-order valence-electron chi connectivity index (χ4n) is 1.99. The number of benzene rings is 2. The van der Waals surface area contributed by atoms with Crippen molar-refractivity contribution in [2.75, 3.05) is 5.73 Å². The van der Waals surface area contributed by atoms with Gasteiger partial charge in [0.25, 0.3) is 0 Å². The molecule has 0 fully saturated rings. The number of amides is 1. The van der Waals surface area contributed by atoms with E-state index in [1.807, 2.05) is 19.1 Å². The lowest BCUT2D eigenvalue weighted by Gasteiger charge is -2.10. The summed E-state index contributed by atoms with van der Waals surface area (Å²) in [6.45, 7) is 2.23. The normalized spacial score (nSPS) is 10.4. The molecule has 0 radical (unpaired) electrons. The quantitative estimate of drug-likeness (QED) is 0.851. The van der Waals surface area contributed by atoms with Crippen LogP contribution in [0.25, 0.3) is 0 Å². The first-order valence-electron chi connectivity index (χ1n) is 6.52. The zero-order chi connectivity index (χ0) is 15.4. The Morgan fingerprint density at radius 2 is 1.95 bits per heavy atom. The van der Waals surface area contributed by atoms with E-state index >= 15 is 0 Å². The van der Waals surface area contributed by atoms with Crippen molar-refractivity contribution < 1.29 is 13.6 Å². The van der Waals surface area contributed by atoms with Crippen LogP contribution in [0.2, 0.25) is 0 Å². The zero-order valence-corrected chi connectivity index (χ0v) is 11.6. The van der Waals surface area contributed by atoms with Gasteiger partial charge in [-0.05, 0) is 41.8 Å². The number of hydrogen-bond donors (Lipinski definition) is 2. The molecule has 0 aliphatic carbocycles. The van der Waals surface area contributed by atoms with Gasteiger partial charge < -0.3 is 11.1 Å². The van der Waals surface area contributed by atoms with Crippen LogP contribution in [0.1, 0.15) is 16.7 Å². The summed E-state index contributed by atoms with van der Waals surface area (Å²) < 4.78 is 25.9. The summed E-state index contributed by atoms with van der Waals surface area (Å²) in [7, 11) is 0. The van der Waals surface area contributed by atoms with Crippen LogP contribution in [0.5, 0.6) is 0 Å². The van der Waals surface area contributed by atoms with Gasteiger partial charge in [-0.15, -0.1) is 0 Å². The third-order valence-corrected chi connectivity index (χ3v) is 3.31. The van der Waals surface area contributed by atoms with E-state index in [4.69, 9.17) is 5.73 Å². The fourth-order valence-corrected chi connectivity index (χ4v) is 1.99. The minimum atomic E-state index is -0.952. The van der Waals surface area contributed by atoms with Gasteiger partial charge in [-0.3, -0.25) is 4.79 Å². The second kappa shape index (κ2) is 6.35. The second-order valence-electron chi connectivity index (χ2n) is 4.83. The number of hydrogen-bond acceptors (Lipinski definition) is 2. The maximum atomic E-state index is 13.1. The number of carbonyl (C=O) groups is 1. The molecule has 0 aromatic heterocycles. The van der Waals surface area contributed by atoms with Crippen LogP contribution in [0.4, 0.5) is 14.5 Å². The lowest BCUT2D eigenvalue weighted by atomic mass is 10.1. The van der Waals surface area contributed by atoms with Crippen LogP contribution >= 0.6 is 0 Å². The highest BCUT2D eigenvalue weighted by molar-refractivity contribution is 5.78. The summed E-state index contributed by atoms with van der Waals surface area (Å²) in [6, 6.07) is 8.93. The molecule has 2 aromatic carbocycles. The van der Waals surface area contributed by atoms with Gasteiger partial charge in [-0.25, -0.2) is 8.78 Å². The van der Waals surface area contributed by atoms with Crippen LogP contribution in [0.3, 0.4) is 0 Å². The van der Waals surface area contributed by atoms with Crippen LogP contribution in [-0.2, 0) is 17.8 Å².